The fraction of sp³-hybridized carbons (Fsp3) is 0.118. The number of anilines is 2. The number of benzene rings is 2. The highest BCUT2D eigenvalue weighted by Crippen LogP contribution is 2.13. The van der Waals surface area contributed by atoms with E-state index in [2.05, 4.69) is 16.0 Å². The Bertz CT molecular complexity index is 697. The van der Waals surface area contributed by atoms with E-state index in [1.165, 1.54) is 6.92 Å². The van der Waals surface area contributed by atoms with Gasteiger partial charge in [0.05, 0.1) is 0 Å². The molecule has 23 heavy (non-hydrogen) atoms. The first-order valence-electron chi connectivity index (χ1n) is 7.05. The molecule has 0 heterocycles. The predicted octanol–water partition coefficient (Wildman–Crippen LogP) is 1.90. The molecule has 0 saturated heterocycles. The number of nitrogens with one attached hydrogen (secondary N) is 3. The van der Waals surface area contributed by atoms with Crippen molar-refractivity contribution >= 4 is 29.1 Å². The molecule has 2 rings (SSSR count). The largest absolute Gasteiger partial charge is 0.344 e. The van der Waals surface area contributed by atoms with E-state index in [4.69, 9.17) is 0 Å². The maximum atomic E-state index is 11.8. The molecule has 0 aromatic heterocycles. The number of hydrogen-bond donors (Lipinski definition) is 3. The van der Waals surface area contributed by atoms with Crippen LogP contribution in [-0.2, 0) is 20.9 Å². The smallest absolute Gasteiger partial charge is 0.313 e. The van der Waals surface area contributed by atoms with Crippen LogP contribution >= 0.6 is 0 Å². The quantitative estimate of drug-likeness (QED) is 0.754. The SMILES string of the molecule is CC(=O)Nc1ccc(NC(=O)C(=O)NCc2ccccc2)cc1. The van der Waals surface area contributed by atoms with Crippen LogP contribution in [0.3, 0.4) is 0 Å². The summed E-state index contributed by atoms with van der Waals surface area (Å²) in [6.07, 6.45) is 0. The average Bonchev–Trinajstić information content (AvgIpc) is 2.55. The molecule has 0 saturated carbocycles. The van der Waals surface area contributed by atoms with E-state index in [1.807, 2.05) is 30.3 Å². The van der Waals surface area contributed by atoms with Crippen LogP contribution in [0.2, 0.25) is 0 Å². The van der Waals surface area contributed by atoms with Crippen LogP contribution < -0.4 is 16.0 Å². The van der Waals surface area contributed by atoms with Crippen LogP contribution in [0, 0.1) is 0 Å². The van der Waals surface area contributed by atoms with E-state index in [0.717, 1.165) is 5.56 Å². The third-order valence-electron chi connectivity index (χ3n) is 2.97. The van der Waals surface area contributed by atoms with E-state index in [1.54, 1.807) is 24.3 Å². The topological polar surface area (TPSA) is 87.3 Å². The zero-order valence-electron chi connectivity index (χ0n) is 12.6. The lowest BCUT2D eigenvalue weighted by Crippen LogP contribution is -2.34. The predicted molar refractivity (Wildman–Crippen MR) is 87.7 cm³/mol. The van der Waals surface area contributed by atoms with Gasteiger partial charge in [0.15, 0.2) is 0 Å². The third-order valence-corrected chi connectivity index (χ3v) is 2.97. The van der Waals surface area contributed by atoms with Crippen LogP contribution in [0.1, 0.15) is 12.5 Å². The molecule has 0 radical (unpaired) electrons. The van der Waals surface area contributed by atoms with Gasteiger partial charge in [-0.25, -0.2) is 0 Å². The van der Waals surface area contributed by atoms with E-state index >= 15 is 0 Å². The van der Waals surface area contributed by atoms with Crippen molar-refractivity contribution in [2.45, 2.75) is 13.5 Å². The van der Waals surface area contributed by atoms with Crippen LogP contribution in [-0.4, -0.2) is 17.7 Å². The lowest BCUT2D eigenvalue weighted by atomic mass is 10.2. The summed E-state index contributed by atoms with van der Waals surface area (Å²) >= 11 is 0. The monoisotopic (exact) mass is 311 g/mol. The van der Waals surface area contributed by atoms with Gasteiger partial charge in [0.1, 0.15) is 0 Å². The van der Waals surface area contributed by atoms with Crippen molar-refractivity contribution in [3.05, 3.63) is 60.2 Å². The molecular weight excluding hydrogens is 294 g/mol. The minimum absolute atomic E-state index is 0.179. The first-order chi connectivity index (χ1) is 11.0. The van der Waals surface area contributed by atoms with Crippen molar-refractivity contribution in [1.29, 1.82) is 0 Å². The van der Waals surface area contributed by atoms with Gasteiger partial charge in [-0.05, 0) is 29.8 Å². The molecule has 6 nitrogen and oxygen atoms in total. The Balaban J connectivity index is 1.85. The molecular formula is C17H17N3O3. The molecule has 0 fully saturated rings. The van der Waals surface area contributed by atoms with Gasteiger partial charge < -0.3 is 16.0 Å². The van der Waals surface area contributed by atoms with Gasteiger partial charge in [-0.2, -0.15) is 0 Å². The Hall–Kier alpha value is -3.15. The molecule has 3 N–H and O–H groups in total. The Kier molecular flexibility index (Phi) is 5.46. The molecule has 0 unspecified atom stereocenters. The van der Waals surface area contributed by atoms with Crippen LogP contribution in [0.25, 0.3) is 0 Å². The maximum Gasteiger partial charge on any atom is 0.313 e. The van der Waals surface area contributed by atoms with Crippen LogP contribution in [0.15, 0.2) is 54.6 Å². The van der Waals surface area contributed by atoms with Crippen molar-refractivity contribution in [2.24, 2.45) is 0 Å². The van der Waals surface area contributed by atoms with Crippen LogP contribution in [0.4, 0.5) is 11.4 Å². The number of amides is 3. The summed E-state index contributed by atoms with van der Waals surface area (Å²) in [6.45, 7) is 1.70. The molecule has 0 bridgehead atoms. The van der Waals surface area contributed by atoms with Gasteiger partial charge >= 0.3 is 11.8 Å². The second kappa shape index (κ2) is 7.74. The van der Waals surface area contributed by atoms with Gasteiger partial charge in [-0.3, -0.25) is 14.4 Å². The summed E-state index contributed by atoms with van der Waals surface area (Å²) in [7, 11) is 0. The molecule has 0 aliphatic rings. The minimum atomic E-state index is -0.742. The number of rotatable bonds is 4. The van der Waals surface area contributed by atoms with Gasteiger partial charge in [-0.1, -0.05) is 30.3 Å². The Morgan fingerprint density at radius 2 is 1.35 bits per heavy atom. The summed E-state index contributed by atoms with van der Waals surface area (Å²) in [4.78, 5) is 34.5. The fourth-order valence-corrected chi connectivity index (χ4v) is 1.89. The molecule has 2 aromatic rings. The van der Waals surface area contributed by atoms with Crippen molar-refractivity contribution in [2.75, 3.05) is 10.6 Å². The number of carbonyl (C=O) groups is 3. The summed E-state index contributed by atoms with van der Waals surface area (Å²) in [5, 5.41) is 7.66. The molecule has 3 amide bonds. The number of carbonyl (C=O) groups excluding carboxylic acids is 3. The van der Waals surface area contributed by atoms with Gasteiger partial charge in [0.2, 0.25) is 5.91 Å². The summed E-state index contributed by atoms with van der Waals surface area (Å²) in [5.74, 6) is -1.63. The lowest BCUT2D eigenvalue weighted by Gasteiger charge is -2.08. The first-order valence-corrected chi connectivity index (χ1v) is 7.05. The summed E-state index contributed by atoms with van der Waals surface area (Å²) < 4.78 is 0. The zero-order chi connectivity index (χ0) is 16.7. The standard InChI is InChI=1S/C17H17N3O3/c1-12(21)19-14-7-9-15(10-8-14)20-17(23)16(22)18-11-13-5-3-2-4-6-13/h2-10H,11H2,1H3,(H,18,22)(H,19,21)(H,20,23). The molecule has 0 spiro atoms. The van der Waals surface area contributed by atoms with Crippen molar-refractivity contribution in [3.8, 4) is 0 Å². The highest BCUT2D eigenvalue weighted by Gasteiger charge is 2.13. The van der Waals surface area contributed by atoms with E-state index < -0.39 is 11.8 Å². The molecule has 0 atom stereocenters. The second-order valence-electron chi connectivity index (χ2n) is 4.88. The summed E-state index contributed by atoms with van der Waals surface area (Å²) in [6, 6.07) is 15.8. The highest BCUT2D eigenvalue weighted by molar-refractivity contribution is 6.39. The first kappa shape index (κ1) is 16.2. The average molecular weight is 311 g/mol. The summed E-state index contributed by atoms with van der Waals surface area (Å²) in [5.41, 5.74) is 2.00. The van der Waals surface area contributed by atoms with Gasteiger partial charge in [0, 0.05) is 24.8 Å². The zero-order valence-corrected chi connectivity index (χ0v) is 12.6. The van der Waals surface area contributed by atoms with E-state index in [-0.39, 0.29) is 12.5 Å². The lowest BCUT2D eigenvalue weighted by molar-refractivity contribution is -0.136. The normalized spacial score (nSPS) is 9.78. The molecule has 0 aliphatic heterocycles. The minimum Gasteiger partial charge on any atom is -0.344 e. The molecule has 118 valence electrons. The third kappa shape index (κ3) is 5.28. The Morgan fingerprint density at radius 3 is 1.91 bits per heavy atom. The molecule has 6 heteroatoms. The number of hydrogen-bond acceptors (Lipinski definition) is 3. The Labute approximate surface area is 133 Å². The fourth-order valence-electron chi connectivity index (χ4n) is 1.89. The van der Waals surface area contributed by atoms with E-state index in [0.29, 0.717) is 11.4 Å². The van der Waals surface area contributed by atoms with E-state index in [9.17, 15) is 14.4 Å². The maximum absolute atomic E-state index is 11.8. The molecule has 2 aromatic carbocycles. The van der Waals surface area contributed by atoms with Gasteiger partial charge in [-0.15, -0.1) is 0 Å². The molecule has 0 aliphatic carbocycles. The van der Waals surface area contributed by atoms with Crippen molar-refractivity contribution in [1.82, 2.24) is 5.32 Å². The van der Waals surface area contributed by atoms with Crippen molar-refractivity contribution < 1.29 is 14.4 Å². The second-order valence-corrected chi connectivity index (χ2v) is 4.88. The van der Waals surface area contributed by atoms with Crippen LogP contribution in [0.5, 0.6) is 0 Å². The van der Waals surface area contributed by atoms with Gasteiger partial charge in [0.25, 0.3) is 0 Å². The van der Waals surface area contributed by atoms with Crippen molar-refractivity contribution in [3.63, 3.8) is 0 Å². The highest BCUT2D eigenvalue weighted by atomic mass is 16.2. The Morgan fingerprint density at radius 1 is 0.783 bits per heavy atom.